The quantitative estimate of drug-likeness (QED) is 0.532. The average Bonchev–Trinajstić information content (AvgIpc) is 2.25. The number of aliphatic hydroxyl groups is 2. The molecule has 0 bridgehead atoms. The Bertz CT molecular complexity index is 237. The lowest BCUT2D eigenvalue weighted by Gasteiger charge is -2.25. The van der Waals surface area contributed by atoms with Gasteiger partial charge in [0.25, 0.3) is 0 Å². The van der Waals surface area contributed by atoms with Crippen molar-refractivity contribution >= 4 is 11.9 Å². The summed E-state index contributed by atoms with van der Waals surface area (Å²) in [6.45, 7) is 2.79. The van der Waals surface area contributed by atoms with E-state index in [1.807, 2.05) is 0 Å². The fourth-order valence-electron chi connectivity index (χ4n) is 1.29. The standard InChI is InChI=1S/C10H19NO5/c1-7(8(2)10(15)16)9(14)11(3-5-12)4-6-13/h7-8,12-13H,3-6H2,1-2H3,(H,15,16). The van der Waals surface area contributed by atoms with E-state index in [4.69, 9.17) is 15.3 Å². The zero-order valence-corrected chi connectivity index (χ0v) is 9.59. The highest BCUT2D eigenvalue weighted by molar-refractivity contribution is 5.84. The maximum atomic E-state index is 11.8. The fraction of sp³-hybridized carbons (Fsp3) is 0.800. The molecule has 6 heteroatoms. The maximum absolute atomic E-state index is 11.8. The number of hydrogen-bond acceptors (Lipinski definition) is 4. The Morgan fingerprint density at radius 1 is 1.06 bits per heavy atom. The molecular formula is C10H19NO5. The Morgan fingerprint density at radius 3 is 1.81 bits per heavy atom. The van der Waals surface area contributed by atoms with E-state index in [9.17, 15) is 9.59 Å². The van der Waals surface area contributed by atoms with Crippen molar-refractivity contribution in [2.45, 2.75) is 13.8 Å². The molecule has 2 unspecified atom stereocenters. The van der Waals surface area contributed by atoms with Gasteiger partial charge in [0, 0.05) is 19.0 Å². The topological polar surface area (TPSA) is 98.1 Å². The van der Waals surface area contributed by atoms with Crippen LogP contribution in [0.3, 0.4) is 0 Å². The first kappa shape index (κ1) is 14.9. The predicted molar refractivity (Wildman–Crippen MR) is 56.7 cm³/mol. The van der Waals surface area contributed by atoms with Crippen molar-refractivity contribution in [3.63, 3.8) is 0 Å². The molecule has 16 heavy (non-hydrogen) atoms. The first-order chi connectivity index (χ1) is 7.45. The van der Waals surface area contributed by atoms with E-state index in [-0.39, 0.29) is 32.2 Å². The zero-order chi connectivity index (χ0) is 12.7. The highest BCUT2D eigenvalue weighted by atomic mass is 16.4. The lowest BCUT2D eigenvalue weighted by atomic mass is 9.94. The molecule has 0 radical (unpaired) electrons. The summed E-state index contributed by atoms with van der Waals surface area (Å²) < 4.78 is 0. The summed E-state index contributed by atoms with van der Waals surface area (Å²) in [5.41, 5.74) is 0. The van der Waals surface area contributed by atoms with Crippen molar-refractivity contribution in [1.82, 2.24) is 4.90 Å². The van der Waals surface area contributed by atoms with Crippen LogP contribution in [0, 0.1) is 11.8 Å². The van der Waals surface area contributed by atoms with E-state index in [2.05, 4.69) is 0 Å². The van der Waals surface area contributed by atoms with Crippen molar-refractivity contribution in [3.8, 4) is 0 Å². The van der Waals surface area contributed by atoms with Gasteiger partial charge in [0.2, 0.25) is 5.91 Å². The number of amides is 1. The second-order valence-electron chi connectivity index (χ2n) is 3.69. The van der Waals surface area contributed by atoms with Crippen LogP contribution in [0.25, 0.3) is 0 Å². The molecule has 0 aliphatic heterocycles. The minimum absolute atomic E-state index is 0.107. The smallest absolute Gasteiger partial charge is 0.307 e. The van der Waals surface area contributed by atoms with Gasteiger partial charge in [0.05, 0.1) is 19.1 Å². The highest BCUT2D eigenvalue weighted by Gasteiger charge is 2.28. The minimum atomic E-state index is -1.03. The summed E-state index contributed by atoms with van der Waals surface area (Å²) in [6.07, 6.45) is 0. The van der Waals surface area contributed by atoms with Gasteiger partial charge in [-0.25, -0.2) is 0 Å². The zero-order valence-electron chi connectivity index (χ0n) is 9.59. The van der Waals surface area contributed by atoms with E-state index in [0.29, 0.717) is 0 Å². The number of aliphatic hydroxyl groups excluding tert-OH is 2. The van der Waals surface area contributed by atoms with Gasteiger partial charge in [-0.15, -0.1) is 0 Å². The highest BCUT2D eigenvalue weighted by Crippen LogP contribution is 2.14. The molecule has 0 aliphatic rings. The van der Waals surface area contributed by atoms with Gasteiger partial charge in [-0.3, -0.25) is 9.59 Å². The van der Waals surface area contributed by atoms with Crippen molar-refractivity contribution in [1.29, 1.82) is 0 Å². The number of hydrogen-bond donors (Lipinski definition) is 3. The number of aliphatic carboxylic acids is 1. The molecule has 0 aromatic rings. The summed E-state index contributed by atoms with van der Waals surface area (Å²) in [5, 5.41) is 26.3. The minimum Gasteiger partial charge on any atom is -0.481 e. The fourth-order valence-corrected chi connectivity index (χ4v) is 1.29. The van der Waals surface area contributed by atoms with E-state index in [1.165, 1.54) is 18.7 Å². The molecule has 0 aromatic carbocycles. The van der Waals surface area contributed by atoms with Gasteiger partial charge in [0.1, 0.15) is 0 Å². The van der Waals surface area contributed by atoms with Crippen molar-refractivity contribution in [2.75, 3.05) is 26.3 Å². The third-order valence-corrected chi connectivity index (χ3v) is 2.58. The van der Waals surface area contributed by atoms with Gasteiger partial charge in [-0.2, -0.15) is 0 Å². The molecule has 0 rings (SSSR count). The van der Waals surface area contributed by atoms with Gasteiger partial charge < -0.3 is 20.2 Å². The Balaban J connectivity index is 4.52. The Hall–Kier alpha value is -1.14. The molecule has 0 aliphatic carbocycles. The molecule has 0 saturated carbocycles. The van der Waals surface area contributed by atoms with Gasteiger partial charge in [-0.05, 0) is 0 Å². The first-order valence-electron chi connectivity index (χ1n) is 5.19. The van der Waals surface area contributed by atoms with Crippen LogP contribution in [0.5, 0.6) is 0 Å². The molecule has 0 spiro atoms. The van der Waals surface area contributed by atoms with E-state index in [0.717, 1.165) is 0 Å². The average molecular weight is 233 g/mol. The first-order valence-corrected chi connectivity index (χ1v) is 5.19. The molecular weight excluding hydrogens is 214 g/mol. The Kier molecular flexibility index (Phi) is 6.67. The van der Waals surface area contributed by atoms with Crippen LogP contribution in [-0.2, 0) is 9.59 Å². The normalized spacial score (nSPS) is 14.2. The van der Waals surface area contributed by atoms with Crippen molar-refractivity contribution < 1.29 is 24.9 Å². The third kappa shape index (κ3) is 4.16. The van der Waals surface area contributed by atoms with Gasteiger partial charge in [0.15, 0.2) is 0 Å². The van der Waals surface area contributed by atoms with Gasteiger partial charge in [-0.1, -0.05) is 13.8 Å². The lowest BCUT2D eigenvalue weighted by molar-refractivity contribution is -0.149. The second-order valence-corrected chi connectivity index (χ2v) is 3.69. The van der Waals surface area contributed by atoms with Crippen LogP contribution in [-0.4, -0.2) is 58.4 Å². The molecule has 0 heterocycles. The molecule has 1 amide bonds. The van der Waals surface area contributed by atoms with Crippen LogP contribution < -0.4 is 0 Å². The number of rotatable bonds is 7. The molecule has 2 atom stereocenters. The molecule has 0 aromatic heterocycles. The van der Waals surface area contributed by atoms with E-state index < -0.39 is 17.8 Å². The van der Waals surface area contributed by atoms with Crippen molar-refractivity contribution in [3.05, 3.63) is 0 Å². The summed E-state index contributed by atoms with van der Waals surface area (Å²) in [6, 6.07) is 0. The molecule has 94 valence electrons. The largest absolute Gasteiger partial charge is 0.481 e. The van der Waals surface area contributed by atoms with Crippen LogP contribution in [0.2, 0.25) is 0 Å². The predicted octanol–water partition coefficient (Wildman–Crippen LogP) is -0.844. The van der Waals surface area contributed by atoms with Gasteiger partial charge >= 0.3 is 5.97 Å². The van der Waals surface area contributed by atoms with Crippen LogP contribution in [0.15, 0.2) is 0 Å². The monoisotopic (exact) mass is 233 g/mol. The van der Waals surface area contributed by atoms with E-state index >= 15 is 0 Å². The number of carboxylic acids is 1. The lowest BCUT2D eigenvalue weighted by Crippen LogP contribution is -2.42. The van der Waals surface area contributed by atoms with E-state index in [1.54, 1.807) is 0 Å². The SMILES string of the molecule is CC(C(=O)O)C(C)C(=O)N(CCO)CCO. The number of carbonyl (C=O) groups excluding carboxylic acids is 1. The van der Waals surface area contributed by atoms with Crippen LogP contribution in [0.1, 0.15) is 13.8 Å². The molecule has 3 N–H and O–H groups in total. The number of carboxylic acid groups (broad SMARTS) is 1. The molecule has 0 saturated heterocycles. The second kappa shape index (κ2) is 7.19. The Morgan fingerprint density at radius 2 is 1.50 bits per heavy atom. The summed E-state index contributed by atoms with van der Waals surface area (Å²) in [7, 11) is 0. The third-order valence-electron chi connectivity index (χ3n) is 2.58. The summed E-state index contributed by atoms with van der Waals surface area (Å²) in [5.74, 6) is -2.85. The Labute approximate surface area is 94.5 Å². The van der Waals surface area contributed by atoms with Crippen molar-refractivity contribution in [2.24, 2.45) is 11.8 Å². The number of carbonyl (C=O) groups is 2. The molecule has 0 fully saturated rings. The maximum Gasteiger partial charge on any atom is 0.307 e. The summed E-state index contributed by atoms with van der Waals surface area (Å²) >= 11 is 0. The molecule has 6 nitrogen and oxygen atoms in total. The summed E-state index contributed by atoms with van der Waals surface area (Å²) in [4.78, 5) is 23.8. The van der Waals surface area contributed by atoms with Crippen LogP contribution >= 0.6 is 0 Å². The number of nitrogens with zero attached hydrogens (tertiary/aromatic N) is 1. The van der Waals surface area contributed by atoms with Crippen LogP contribution in [0.4, 0.5) is 0 Å².